The van der Waals surface area contributed by atoms with Crippen LogP contribution in [0.5, 0.6) is 0 Å². The quantitative estimate of drug-likeness (QED) is 0.0625. The summed E-state index contributed by atoms with van der Waals surface area (Å²) in [7, 11) is -8.66. The maximum absolute atomic E-state index is 10.5. The van der Waals surface area contributed by atoms with Gasteiger partial charge in [-0.25, -0.2) is 9.13 Å². The second kappa shape index (κ2) is 21.3. The van der Waals surface area contributed by atoms with E-state index in [1.807, 2.05) is 0 Å². The molecule has 0 bridgehead atoms. The van der Waals surface area contributed by atoms with Crippen molar-refractivity contribution in [3.8, 4) is 0 Å². The first kappa shape index (κ1) is 31.8. The molecule has 10 heteroatoms. The van der Waals surface area contributed by atoms with E-state index in [-0.39, 0.29) is 6.61 Å². The van der Waals surface area contributed by atoms with Crippen molar-refractivity contribution in [2.75, 3.05) is 6.61 Å². The summed E-state index contributed by atoms with van der Waals surface area (Å²) in [6, 6.07) is 0. The highest BCUT2D eigenvalue weighted by atomic mass is 31.2. The lowest BCUT2D eigenvalue weighted by Crippen LogP contribution is -1.92. The summed E-state index contributed by atoms with van der Waals surface area (Å²) in [5.74, 6) is 0. The summed E-state index contributed by atoms with van der Waals surface area (Å²) in [4.78, 5) is 34.2. The average Bonchev–Trinajstić information content (AvgIpc) is 2.69. The Balaban J connectivity index is 3.12. The van der Waals surface area contributed by atoms with Crippen molar-refractivity contribution < 1.29 is 37.8 Å². The minimum atomic E-state index is -4.37. The zero-order valence-electron chi connectivity index (χ0n) is 19.6. The van der Waals surface area contributed by atoms with Crippen molar-refractivity contribution in [1.29, 1.82) is 0 Å². The lowest BCUT2D eigenvalue weighted by atomic mass is 10.0. The summed E-state index contributed by atoms with van der Waals surface area (Å²) in [5, 5.41) is 0. The van der Waals surface area contributed by atoms with Crippen LogP contribution in [0.4, 0.5) is 0 Å². The fourth-order valence-corrected chi connectivity index (χ4v) is 4.18. The Hall–Kier alpha value is -0.200. The second-order valence-electron chi connectivity index (χ2n) is 8.44. The Morgan fingerprint density at radius 1 is 0.500 bits per heavy atom. The molecular formula is C22H46O8P2. The number of phosphoric acid groups is 2. The van der Waals surface area contributed by atoms with Gasteiger partial charge in [0.1, 0.15) is 0 Å². The van der Waals surface area contributed by atoms with Crippen molar-refractivity contribution >= 4 is 15.6 Å². The van der Waals surface area contributed by atoms with E-state index in [2.05, 4.69) is 9.05 Å². The van der Waals surface area contributed by atoms with Crippen molar-refractivity contribution in [2.24, 2.45) is 0 Å². The Kier molecular flexibility index (Phi) is 21.2. The molecule has 8 nitrogen and oxygen atoms in total. The van der Waals surface area contributed by atoms with Crippen LogP contribution in [0, 0.1) is 0 Å². The van der Waals surface area contributed by atoms with E-state index in [0.29, 0.717) is 6.42 Å². The molecule has 0 rings (SSSR count). The van der Waals surface area contributed by atoms with E-state index >= 15 is 0 Å². The largest absolute Gasteiger partial charge is 0.524 e. The Morgan fingerprint density at radius 2 is 0.844 bits per heavy atom. The molecule has 0 spiro atoms. The van der Waals surface area contributed by atoms with E-state index in [0.717, 1.165) is 38.4 Å². The highest BCUT2D eigenvalue weighted by molar-refractivity contribution is 7.46. The van der Waals surface area contributed by atoms with Crippen LogP contribution in [0.25, 0.3) is 0 Å². The van der Waals surface area contributed by atoms with Gasteiger partial charge in [-0.15, -0.1) is 0 Å². The Morgan fingerprint density at radius 3 is 1.19 bits per heavy atom. The third-order valence-electron chi connectivity index (χ3n) is 5.32. The molecule has 0 saturated heterocycles. The molecule has 0 atom stereocenters. The molecule has 0 unspecified atom stereocenters. The molecule has 0 amide bonds. The topological polar surface area (TPSA) is 134 Å². The van der Waals surface area contributed by atoms with Gasteiger partial charge < -0.3 is 14.3 Å². The van der Waals surface area contributed by atoms with Crippen LogP contribution in [0.1, 0.15) is 122 Å². The lowest BCUT2D eigenvalue weighted by Gasteiger charge is -2.05. The van der Waals surface area contributed by atoms with Gasteiger partial charge in [-0.05, 0) is 25.3 Å². The monoisotopic (exact) mass is 500 g/mol. The zero-order chi connectivity index (χ0) is 24.0. The third-order valence-corrected chi connectivity index (χ3v) is 6.23. The highest BCUT2D eigenvalue weighted by Crippen LogP contribution is 2.36. The van der Waals surface area contributed by atoms with E-state index in [9.17, 15) is 9.13 Å². The van der Waals surface area contributed by atoms with Crippen molar-refractivity contribution in [2.45, 2.75) is 122 Å². The SMILES string of the molecule is O=P(O)(O)O/C=C/CCCCCCCCCCCCCCCCCCCCOP(=O)(O)O. The number of hydrogen-bond donors (Lipinski definition) is 4. The molecule has 32 heavy (non-hydrogen) atoms. The van der Waals surface area contributed by atoms with Crippen molar-refractivity contribution in [3.63, 3.8) is 0 Å². The number of hydrogen-bond acceptors (Lipinski definition) is 4. The van der Waals surface area contributed by atoms with Gasteiger partial charge in [0.2, 0.25) is 0 Å². The molecule has 0 aliphatic rings. The van der Waals surface area contributed by atoms with Crippen LogP contribution in [-0.4, -0.2) is 26.2 Å². The number of unbranched alkanes of at least 4 members (excludes halogenated alkanes) is 18. The smallest absolute Gasteiger partial charge is 0.413 e. The van der Waals surface area contributed by atoms with E-state index in [1.54, 1.807) is 6.08 Å². The van der Waals surface area contributed by atoms with Gasteiger partial charge >= 0.3 is 15.6 Å². The van der Waals surface area contributed by atoms with Crippen LogP contribution in [0.3, 0.4) is 0 Å². The van der Waals surface area contributed by atoms with Crippen molar-refractivity contribution in [1.82, 2.24) is 0 Å². The van der Waals surface area contributed by atoms with Gasteiger partial charge in [-0.1, -0.05) is 103 Å². The molecule has 0 heterocycles. The normalized spacial score (nSPS) is 12.6. The summed E-state index contributed by atoms with van der Waals surface area (Å²) in [6.07, 6.45) is 25.3. The maximum Gasteiger partial charge on any atom is 0.524 e. The molecule has 192 valence electrons. The van der Waals surface area contributed by atoms with E-state index < -0.39 is 15.6 Å². The average molecular weight is 501 g/mol. The van der Waals surface area contributed by atoms with Gasteiger partial charge in [-0.3, -0.25) is 14.3 Å². The summed E-state index contributed by atoms with van der Waals surface area (Å²) >= 11 is 0. The van der Waals surface area contributed by atoms with E-state index in [4.69, 9.17) is 19.6 Å². The number of phosphoric ester groups is 2. The molecule has 0 radical (unpaired) electrons. The molecule has 0 aromatic carbocycles. The minimum Gasteiger partial charge on any atom is -0.413 e. The molecule has 0 aliphatic carbocycles. The second-order valence-corrected chi connectivity index (χ2v) is 10.9. The summed E-state index contributed by atoms with van der Waals surface area (Å²) < 4.78 is 29.7. The standard InChI is InChI=1S/C22H46O8P2/c23-31(24,25)29-21-19-17-15-13-11-9-7-5-3-1-2-4-6-8-10-12-14-16-18-20-22-30-32(26,27)28/h19,21H,1-18,20,22H2,(H2,23,24,25)(H2,26,27,28)/b21-19+. The zero-order valence-corrected chi connectivity index (χ0v) is 21.4. The Bertz CT molecular complexity index is 530. The van der Waals surface area contributed by atoms with Crippen LogP contribution < -0.4 is 0 Å². The molecule has 0 aromatic heterocycles. The van der Waals surface area contributed by atoms with Gasteiger partial charge in [0, 0.05) is 0 Å². The van der Waals surface area contributed by atoms with Crippen LogP contribution in [0.2, 0.25) is 0 Å². The van der Waals surface area contributed by atoms with E-state index in [1.165, 1.54) is 83.5 Å². The molecule has 0 aromatic rings. The minimum absolute atomic E-state index is 0.143. The molecule has 4 N–H and O–H groups in total. The molecular weight excluding hydrogens is 454 g/mol. The van der Waals surface area contributed by atoms with Crippen LogP contribution in [0.15, 0.2) is 12.3 Å². The van der Waals surface area contributed by atoms with Crippen LogP contribution in [-0.2, 0) is 18.2 Å². The van der Waals surface area contributed by atoms with Crippen LogP contribution >= 0.6 is 15.6 Å². The first-order chi connectivity index (χ1) is 15.2. The molecule has 0 fully saturated rings. The maximum atomic E-state index is 10.5. The van der Waals surface area contributed by atoms with Gasteiger partial charge in [-0.2, -0.15) is 0 Å². The first-order valence-corrected chi connectivity index (χ1v) is 15.4. The Labute approximate surface area is 194 Å². The van der Waals surface area contributed by atoms with Gasteiger partial charge in [0.25, 0.3) is 0 Å². The summed E-state index contributed by atoms with van der Waals surface area (Å²) in [6.45, 7) is 0.143. The first-order valence-electron chi connectivity index (χ1n) is 12.3. The molecule has 0 saturated carbocycles. The number of rotatable bonds is 24. The summed E-state index contributed by atoms with van der Waals surface area (Å²) in [5.41, 5.74) is 0. The fraction of sp³-hybridized carbons (Fsp3) is 0.909. The van der Waals surface area contributed by atoms with Gasteiger partial charge in [0.15, 0.2) is 0 Å². The fourth-order valence-electron chi connectivity index (χ4n) is 3.57. The van der Waals surface area contributed by atoms with Crippen molar-refractivity contribution in [3.05, 3.63) is 12.3 Å². The highest BCUT2D eigenvalue weighted by Gasteiger charge is 2.12. The number of allylic oxidation sites excluding steroid dienone is 1. The molecule has 0 aliphatic heterocycles. The lowest BCUT2D eigenvalue weighted by molar-refractivity contribution is 0.193. The van der Waals surface area contributed by atoms with Gasteiger partial charge in [0.05, 0.1) is 12.9 Å². The third kappa shape index (κ3) is 29.8. The predicted octanol–water partition coefficient (Wildman–Crippen LogP) is 7.13. The predicted molar refractivity (Wildman–Crippen MR) is 128 cm³/mol.